The average Bonchev–Trinajstić information content (AvgIpc) is 2.14. The average molecular weight is 227 g/mol. The van der Waals surface area contributed by atoms with Crippen LogP contribution in [-0.4, -0.2) is 47.8 Å². The number of β-amino-alcohol motifs (C(OH)–C–C–N with tert-alkyl or cyclic N) is 1. The van der Waals surface area contributed by atoms with Crippen LogP contribution < -0.4 is 5.32 Å². The normalized spacial score (nSPS) is 15.9. The second kappa shape index (κ2) is 6.85. The van der Waals surface area contributed by atoms with Gasteiger partial charge in [-0.3, -0.25) is 0 Å². The first-order valence-corrected chi connectivity index (χ1v) is 5.76. The second-order valence-electron chi connectivity index (χ2n) is 5.44. The molecular formula is C12H25N3O. The quantitative estimate of drug-likeness (QED) is 0.710. The molecule has 4 nitrogen and oxygen atoms in total. The maximum absolute atomic E-state index is 9.81. The smallest absolute Gasteiger partial charge is 0.0791 e. The molecule has 0 fully saturated rings. The Morgan fingerprint density at radius 1 is 1.44 bits per heavy atom. The maximum atomic E-state index is 9.81. The van der Waals surface area contributed by atoms with E-state index in [4.69, 9.17) is 5.26 Å². The van der Waals surface area contributed by atoms with E-state index in [-0.39, 0.29) is 11.6 Å². The summed E-state index contributed by atoms with van der Waals surface area (Å²) in [5.41, 5.74) is 0.0256. The summed E-state index contributed by atoms with van der Waals surface area (Å²) in [5, 5.41) is 21.6. The summed E-state index contributed by atoms with van der Waals surface area (Å²) < 4.78 is 0. The third-order valence-corrected chi connectivity index (χ3v) is 2.51. The first-order chi connectivity index (χ1) is 7.26. The molecule has 4 heteroatoms. The van der Waals surface area contributed by atoms with Gasteiger partial charge in [-0.15, -0.1) is 0 Å². The summed E-state index contributed by atoms with van der Waals surface area (Å²) in [6.45, 7) is 9.37. The standard InChI is InChI=1S/C12H25N3O/c1-10(6-7-13)15(5)9-11(16)8-14-12(2,3)4/h10-11,14,16H,6,8-9H2,1-5H3. The molecule has 0 aliphatic heterocycles. The van der Waals surface area contributed by atoms with Crippen LogP contribution in [0.4, 0.5) is 0 Å². The van der Waals surface area contributed by atoms with Crippen molar-refractivity contribution in [3.05, 3.63) is 0 Å². The van der Waals surface area contributed by atoms with Crippen molar-refractivity contribution < 1.29 is 5.11 Å². The summed E-state index contributed by atoms with van der Waals surface area (Å²) in [7, 11) is 1.93. The van der Waals surface area contributed by atoms with Gasteiger partial charge >= 0.3 is 0 Å². The largest absolute Gasteiger partial charge is 0.390 e. The molecule has 0 saturated carbocycles. The van der Waals surface area contributed by atoms with Crippen molar-refractivity contribution in [1.29, 1.82) is 5.26 Å². The number of likely N-dealkylation sites (N-methyl/N-ethyl adjacent to an activating group) is 1. The SMILES string of the molecule is CC(CC#N)N(C)CC(O)CNC(C)(C)C. The molecule has 0 heterocycles. The lowest BCUT2D eigenvalue weighted by Crippen LogP contribution is -2.45. The Hall–Kier alpha value is -0.630. The number of hydrogen-bond acceptors (Lipinski definition) is 4. The molecule has 2 atom stereocenters. The molecule has 0 amide bonds. The van der Waals surface area contributed by atoms with E-state index in [0.717, 1.165) is 0 Å². The van der Waals surface area contributed by atoms with Gasteiger partial charge in [-0.25, -0.2) is 0 Å². The monoisotopic (exact) mass is 227 g/mol. The van der Waals surface area contributed by atoms with Crippen LogP contribution in [-0.2, 0) is 0 Å². The molecule has 0 saturated heterocycles. The fraction of sp³-hybridized carbons (Fsp3) is 0.917. The van der Waals surface area contributed by atoms with E-state index in [1.165, 1.54) is 0 Å². The minimum atomic E-state index is -0.398. The van der Waals surface area contributed by atoms with E-state index in [0.29, 0.717) is 19.5 Å². The lowest BCUT2D eigenvalue weighted by Gasteiger charge is -2.28. The molecule has 16 heavy (non-hydrogen) atoms. The van der Waals surface area contributed by atoms with Crippen LogP contribution >= 0.6 is 0 Å². The van der Waals surface area contributed by atoms with E-state index >= 15 is 0 Å². The van der Waals surface area contributed by atoms with Gasteiger partial charge in [0.25, 0.3) is 0 Å². The first-order valence-electron chi connectivity index (χ1n) is 5.76. The molecule has 0 bridgehead atoms. The molecule has 0 aromatic carbocycles. The van der Waals surface area contributed by atoms with Crippen molar-refractivity contribution in [3.63, 3.8) is 0 Å². The molecule has 2 N–H and O–H groups in total. The van der Waals surface area contributed by atoms with E-state index in [9.17, 15) is 5.11 Å². The summed E-state index contributed by atoms with van der Waals surface area (Å²) in [6.07, 6.45) is 0.0981. The highest BCUT2D eigenvalue weighted by Gasteiger charge is 2.16. The van der Waals surface area contributed by atoms with Gasteiger partial charge in [0.2, 0.25) is 0 Å². The number of aliphatic hydroxyl groups excluding tert-OH is 1. The van der Waals surface area contributed by atoms with Crippen LogP contribution in [0.3, 0.4) is 0 Å². The fourth-order valence-corrected chi connectivity index (χ4v) is 1.29. The van der Waals surface area contributed by atoms with Crippen molar-refractivity contribution in [1.82, 2.24) is 10.2 Å². The van der Waals surface area contributed by atoms with Gasteiger partial charge in [-0.2, -0.15) is 5.26 Å². The Morgan fingerprint density at radius 3 is 2.44 bits per heavy atom. The summed E-state index contributed by atoms with van der Waals surface area (Å²) in [6, 6.07) is 2.33. The maximum Gasteiger partial charge on any atom is 0.0791 e. The topological polar surface area (TPSA) is 59.3 Å². The predicted octanol–water partition coefficient (Wildman–Crippen LogP) is 0.969. The van der Waals surface area contributed by atoms with Crippen molar-refractivity contribution in [2.75, 3.05) is 20.1 Å². The molecule has 0 radical (unpaired) electrons. The summed E-state index contributed by atoms with van der Waals surface area (Å²) in [5.74, 6) is 0. The zero-order valence-electron chi connectivity index (χ0n) is 11.1. The van der Waals surface area contributed by atoms with E-state index in [2.05, 4.69) is 32.2 Å². The molecule has 0 aliphatic carbocycles. The predicted molar refractivity (Wildman–Crippen MR) is 66.1 cm³/mol. The molecular weight excluding hydrogens is 202 g/mol. The molecule has 0 aromatic heterocycles. The fourth-order valence-electron chi connectivity index (χ4n) is 1.29. The van der Waals surface area contributed by atoms with Gasteiger partial charge in [-0.05, 0) is 34.7 Å². The van der Waals surface area contributed by atoms with Crippen LogP contribution in [0.5, 0.6) is 0 Å². The van der Waals surface area contributed by atoms with Crippen molar-refractivity contribution in [2.24, 2.45) is 0 Å². The third kappa shape index (κ3) is 7.63. The van der Waals surface area contributed by atoms with E-state index < -0.39 is 6.10 Å². The number of hydrogen-bond donors (Lipinski definition) is 2. The van der Waals surface area contributed by atoms with Crippen molar-refractivity contribution in [2.45, 2.75) is 51.8 Å². The zero-order chi connectivity index (χ0) is 12.8. The van der Waals surface area contributed by atoms with Crippen LogP contribution in [0.25, 0.3) is 0 Å². The highest BCUT2D eigenvalue weighted by molar-refractivity contribution is 4.80. The van der Waals surface area contributed by atoms with Crippen LogP contribution in [0.1, 0.15) is 34.1 Å². The number of aliphatic hydroxyl groups is 1. The molecule has 0 spiro atoms. The van der Waals surface area contributed by atoms with Gasteiger partial charge in [0.05, 0.1) is 18.6 Å². The summed E-state index contributed by atoms with van der Waals surface area (Å²) >= 11 is 0. The highest BCUT2D eigenvalue weighted by Crippen LogP contribution is 2.02. The van der Waals surface area contributed by atoms with Gasteiger partial charge in [0.1, 0.15) is 0 Å². The van der Waals surface area contributed by atoms with Gasteiger partial charge < -0.3 is 15.3 Å². The minimum Gasteiger partial charge on any atom is -0.390 e. The number of nitriles is 1. The lowest BCUT2D eigenvalue weighted by atomic mass is 10.1. The Morgan fingerprint density at radius 2 is 2.00 bits per heavy atom. The van der Waals surface area contributed by atoms with Crippen LogP contribution in [0.15, 0.2) is 0 Å². The summed E-state index contributed by atoms with van der Waals surface area (Å²) in [4.78, 5) is 2.01. The minimum absolute atomic E-state index is 0.0256. The number of nitrogens with zero attached hydrogens (tertiary/aromatic N) is 2. The molecule has 0 rings (SSSR count). The lowest BCUT2D eigenvalue weighted by molar-refractivity contribution is 0.102. The first kappa shape index (κ1) is 15.4. The molecule has 94 valence electrons. The molecule has 2 unspecified atom stereocenters. The Labute approximate surface area is 99.3 Å². The number of rotatable bonds is 6. The van der Waals surface area contributed by atoms with Crippen molar-refractivity contribution >= 4 is 0 Å². The Bertz CT molecular complexity index is 229. The van der Waals surface area contributed by atoms with E-state index in [1.54, 1.807) is 0 Å². The Balaban J connectivity index is 3.87. The molecule has 0 aliphatic rings. The van der Waals surface area contributed by atoms with Gasteiger partial charge in [0.15, 0.2) is 0 Å². The van der Waals surface area contributed by atoms with E-state index in [1.807, 2.05) is 18.9 Å². The van der Waals surface area contributed by atoms with Crippen LogP contribution in [0, 0.1) is 11.3 Å². The van der Waals surface area contributed by atoms with Gasteiger partial charge in [-0.1, -0.05) is 0 Å². The zero-order valence-corrected chi connectivity index (χ0v) is 11.1. The second-order valence-corrected chi connectivity index (χ2v) is 5.44. The van der Waals surface area contributed by atoms with Crippen LogP contribution in [0.2, 0.25) is 0 Å². The Kier molecular flexibility index (Phi) is 6.58. The number of nitrogens with one attached hydrogen (secondary N) is 1. The van der Waals surface area contributed by atoms with Gasteiger partial charge in [0, 0.05) is 24.7 Å². The molecule has 0 aromatic rings. The highest BCUT2D eigenvalue weighted by atomic mass is 16.3. The van der Waals surface area contributed by atoms with Crippen molar-refractivity contribution in [3.8, 4) is 6.07 Å². The third-order valence-electron chi connectivity index (χ3n) is 2.51.